The first-order valence-corrected chi connectivity index (χ1v) is 11.8. The van der Waals surface area contributed by atoms with E-state index in [1.807, 2.05) is 36.4 Å². The van der Waals surface area contributed by atoms with Crippen molar-refractivity contribution in [3.8, 4) is 11.1 Å². The minimum Gasteiger partial charge on any atom is -0.480 e. The van der Waals surface area contributed by atoms with Crippen LogP contribution in [-0.4, -0.2) is 67.2 Å². The highest BCUT2D eigenvalue weighted by Gasteiger charge is 2.42. The second-order valence-corrected chi connectivity index (χ2v) is 8.99. The number of carbonyl (C=O) groups excluding carboxylic acids is 2. The van der Waals surface area contributed by atoms with Gasteiger partial charge in [0.1, 0.15) is 12.6 Å². The maximum Gasteiger partial charge on any atom is 0.407 e. The summed E-state index contributed by atoms with van der Waals surface area (Å²) in [5.74, 6) is -1.85. The average Bonchev–Trinajstić information content (AvgIpc) is 3.20. The molecule has 0 bridgehead atoms. The minimum atomic E-state index is -1.23. The molecule has 186 valence electrons. The number of benzene rings is 2. The van der Waals surface area contributed by atoms with Gasteiger partial charge in [-0.15, -0.1) is 0 Å². The number of aliphatic hydroxyl groups excluding tert-OH is 1. The molecule has 9 nitrogen and oxygen atoms in total. The molecule has 1 fully saturated rings. The van der Waals surface area contributed by atoms with Gasteiger partial charge in [-0.25, -0.2) is 9.59 Å². The van der Waals surface area contributed by atoms with E-state index < -0.39 is 29.4 Å². The van der Waals surface area contributed by atoms with E-state index in [9.17, 15) is 19.5 Å². The molecule has 35 heavy (non-hydrogen) atoms. The molecule has 1 heterocycles. The van der Waals surface area contributed by atoms with Crippen LogP contribution in [0.5, 0.6) is 0 Å². The first kappa shape index (κ1) is 24.7. The predicted molar refractivity (Wildman–Crippen MR) is 127 cm³/mol. The lowest BCUT2D eigenvalue weighted by Gasteiger charge is -2.36. The van der Waals surface area contributed by atoms with Gasteiger partial charge in [0.2, 0.25) is 5.91 Å². The Hall–Kier alpha value is -3.43. The Bertz CT molecular complexity index is 1040. The standard InChI is InChI=1S/C26H30N2O7/c29-12-10-22(23(30)31)28-24(32)26(11-5-13-34-16-26)15-27-25(33)35-14-21-19-8-3-1-6-17(19)18-7-2-4-9-20(18)21/h1-4,6-9,21-22,29H,5,10-16H2,(H,27,33)(H,28,32)(H,30,31). The van der Waals surface area contributed by atoms with E-state index in [4.69, 9.17) is 14.6 Å². The van der Waals surface area contributed by atoms with Crippen LogP contribution in [0.3, 0.4) is 0 Å². The van der Waals surface area contributed by atoms with Crippen molar-refractivity contribution in [2.75, 3.05) is 33.0 Å². The first-order chi connectivity index (χ1) is 16.9. The fraction of sp³-hybridized carbons (Fsp3) is 0.423. The maximum atomic E-state index is 13.0. The van der Waals surface area contributed by atoms with E-state index in [0.717, 1.165) is 22.3 Å². The SMILES string of the molecule is O=C(NCC1(C(=O)NC(CCO)C(=O)O)CCCOC1)OCC1c2ccccc2-c2ccccc21. The number of nitrogens with one attached hydrogen (secondary N) is 2. The summed E-state index contributed by atoms with van der Waals surface area (Å²) in [6, 6.07) is 14.9. The highest BCUT2D eigenvalue weighted by molar-refractivity contribution is 5.88. The largest absolute Gasteiger partial charge is 0.480 e. The smallest absolute Gasteiger partial charge is 0.407 e. The van der Waals surface area contributed by atoms with Crippen LogP contribution in [0.4, 0.5) is 4.79 Å². The number of hydrogen-bond donors (Lipinski definition) is 4. The topological polar surface area (TPSA) is 134 Å². The van der Waals surface area contributed by atoms with E-state index in [1.54, 1.807) is 0 Å². The van der Waals surface area contributed by atoms with Crippen LogP contribution in [0.15, 0.2) is 48.5 Å². The molecule has 0 aromatic heterocycles. The van der Waals surface area contributed by atoms with Gasteiger partial charge in [-0.1, -0.05) is 48.5 Å². The fourth-order valence-corrected chi connectivity index (χ4v) is 4.84. The van der Waals surface area contributed by atoms with Crippen molar-refractivity contribution >= 4 is 18.0 Å². The molecule has 1 aliphatic carbocycles. The van der Waals surface area contributed by atoms with E-state index in [2.05, 4.69) is 22.8 Å². The van der Waals surface area contributed by atoms with Crippen molar-refractivity contribution in [2.45, 2.75) is 31.2 Å². The molecule has 9 heteroatoms. The molecule has 4 rings (SSSR count). The van der Waals surface area contributed by atoms with Crippen molar-refractivity contribution in [1.82, 2.24) is 10.6 Å². The third kappa shape index (κ3) is 5.31. The molecule has 0 radical (unpaired) electrons. The molecule has 0 saturated carbocycles. The normalized spacial score (nSPS) is 19.8. The molecule has 1 aliphatic heterocycles. The summed E-state index contributed by atoms with van der Waals surface area (Å²) in [5, 5.41) is 23.6. The molecule has 2 unspecified atom stereocenters. The van der Waals surface area contributed by atoms with Crippen LogP contribution in [0.2, 0.25) is 0 Å². The summed E-state index contributed by atoms with van der Waals surface area (Å²) in [7, 11) is 0. The Morgan fingerprint density at radius 2 is 1.74 bits per heavy atom. The van der Waals surface area contributed by atoms with Gasteiger partial charge in [0.05, 0.1) is 12.0 Å². The molecule has 2 aromatic carbocycles. The summed E-state index contributed by atoms with van der Waals surface area (Å²) in [5.41, 5.74) is 3.33. The summed E-state index contributed by atoms with van der Waals surface area (Å²) < 4.78 is 11.1. The van der Waals surface area contributed by atoms with Gasteiger partial charge < -0.3 is 30.3 Å². The summed E-state index contributed by atoms with van der Waals surface area (Å²) in [6.45, 7) is 0.250. The Labute approximate surface area is 203 Å². The van der Waals surface area contributed by atoms with Crippen LogP contribution in [0.25, 0.3) is 11.1 Å². The van der Waals surface area contributed by atoms with E-state index in [-0.39, 0.29) is 38.7 Å². The van der Waals surface area contributed by atoms with Crippen LogP contribution < -0.4 is 10.6 Å². The summed E-state index contributed by atoms with van der Waals surface area (Å²) in [4.78, 5) is 37.1. The van der Waals surface area contributed by atoms with E-state index in [0.29, 0.717) is 19.4 Å². The highest BCUT2D eigenvalue weighted by Crippen LogP contribution is 2.44. The zero-order valence-electron chi connectivity index (χ0n) is 19.4. The number of aliphatic hydroxyl groups is 1. The van der Waals surface area contributed by atoms with Crippen molar-refractivity contribution < 1.29 is 34.1 Å². The molecule has 0 spiro atoms. The lowest BCUT2D eigenvalue weighted by molar-refractivity contribution is -0.147. The molecule has 2 atom stereocenters. The second kappa shape index (κ2) is 10.9. The highest BCUT2D eigenvalue weighted by atomic mass is 16.5. The molecule has 2 aromatic rings. The molecular weight excluding hydrogens is 452 g/mol. The lowest BCUT2D eigenvalue weighted by Crippen LogP contribution is -2.56. The van der Waals surface area contributed by atoms with Gasteiger partial charge in [0.25, 0.3) is 0 Å². The van der Waals surface area contributed by atoms with Crippen molar-refractivity contribution in [2.24, 2.45) is 5.41 Å². The minimum absolute atomic E-state index is 0.0496. The molecule has 1 saturated heterocycles. The quantitative estimate of drug-likeness (QED) is 0.431. The van der Waals surface area contributed by atoms with Crippen molar-refractivity contribution in [1.29, 1.82) is 0 Å². The van der Waals surface area contributed by atoms with Gasteiger partial charge in [0.15, 0.2) is 0 Å². The van der Waals surface area contributed by atoms with Crippen LogP contribution in [-0.2, 0) is 19.1 Å². The Kier molecular flexibility index (Phi) is 7.67. The third-order valence-electron chi connectivity index (χ3n) is 6.74. The molecule has 2 aliphatic rings. The van der Waals surface area contributed by atoms with Gasteiger partial charge in [-0.2, -0.15) is 0 Å². The lowest BCUT2D eigenvalue weighted by atomic mass is 9.81. The number of ether oxygens (including phenoxy) is 2. The summed E-state index contributed by atoms with van der Waals surface area (Å²) in [6.07, 6.45) is 0.248. The Morgan fingerprint density at radius 3 is 2.31 bits per heavy atom. The van der Waals surface area contributed by atoms with Crippen molar-refractivity contribution in [3.63, 3.8) is 0 Å². The monoisotopic (exact) mass is 482 g/mol. The average molecular weight is 483 g/mol. The van der Waals surface area contributed by atoms with Gasteiger partial charge in [-0.05, 0) is 35.1 Å². The zero-order valence-corrected chi connectivity index (χ0v) is 19.4. The number of fused-ring (bicyclic) bond motifs is 3. The number of carboxylic acid groups (broad SMARTS) is 1. The number of alkyl carbamates (subject to hydrolysis) is 1. The summed E-state index contributed by atoms with van der Waals surface area (Å²) >= 11 is 0. The van der Waals surface area contributed by atoms with E-state index >= 15 is 0 Å². The Balaban J connectivity index is 1.39. The van der Waals surface area contributed by atoms with Crippen LogP contribution in [0.1, 0.15) is 36.3 Å². The fourth-order valence-electron chi connectivity index (χ4n) is 4.84. The predicted octanol–water partition coefficient (Wildman–Crippen LogP) is 2.27. The zero-order chi connectivity index (χ0) is 24.8. The van der Waals surface area contributed by atoms with E-state index in [1.165, 1.54) is 0 Å². The number of aliphatic carboxylic acids is 1. The second-order valence-electron chi connectivity index (χ2n) is 8.99. The number of rotatable bonds is 9. The maximum absolute atomic E-state index is 13.0. The van der Waals surface area contributed by atoms with Gasteiger partial charge in [0, 0.05) is 32.1 Å². The number of hydrogen-bond acceptors (Lipinski definition) is 6. The van der Waals surface area contributed by atoms with Crippen LogP contribution in [0, 0.1) is 5.41 Å². The van der Waals surface area contributed by atoms with Gasteiger partial charge >= 0.3 is 12.1 Å². The third-order valence-corrected chi connectivity index (χ3v) is 6.74. The Morgan fingerprint density at radius 1 is 1.09 bits per heavy atom. The number of carboxylic acids is 1. The number of amides is 2. The van der Waals surface area contributed by atoms with Gasteiger partial charge in [-0.3, -0.25) is 4.79 Å². The molecule has 4 N–H and O–H groups in total. The molecular formula is C26H30N2O7. The first-order valence-electron chi connectivity index (χ1n) is 11.8. The molecule has 2 amide bonds. The van der Waals surface area contributed by atoms with Crippen LogP contribution >= 0.6 is 0 Å². The number of carbonyl (C=O) groups is 3. The van der Waals surface area contributed by atoms with Crippen molar-refractivity contribution in [3.05, 3.63) is 59.7 Å².